The summed E-state index contributed by atoms with van der Waals surface area (Å²) in [4.78, 5) is 0. The molecule has 1 heterocycles. The summed E-state index contributed by atoms with van der Waals surface area (Å²) < 4.78 is 2.04. The molecule has 3 heteroatoms. The van der Waals surface area contributed by atoms with E-state index in [0.717, 1.165) is 19.0 Å². The van der Waals surface area contributed by atoms with Crippen LogP contribution in [0.4, 0.5) is 0 Å². The lowest BCUT2D eigenvalue weighted by Gasteiger charge is -2.29. The van der Waals surface area contributed by atoms with Gasteiger partial charge in [0.05, 0.1) is 12.7 Å². The van der Waals surface area contributed by atoms with Gasteiger partial charge < -0.3 is 5.32 Å². The molecule has 1 aliphatic carbocycles. The topological polar surface area (TPSA) is 29.9 Å². The summed E-state index contributed by atoms with van der Waals surface area (Å²) in [5.41, 5.74) is 2.43. The first-order valence-electron chi connectivity index (χ1n) is 8.14. The van der Waals surface area contributed by atoms with Gasteiger partial charge in [0, 0.05) is 24.3 Å². The maximum atomic E-state index is 4.47. The maximum Gasteiger partial charge on any atom is 0.0568 e. The summed E-state index contributed by atoms with van der Waals surface area (Å²) in [5, 5.41) is 8.18. The fourth-order valence-electron chi connectivity index (χ4n) is 3.25. The zero-order valence-corrected chi connectivity index (χ0v) is 12.8. The van der Waals surface area contributed by atoms with Crippen molar-refractivity contribution in [2.45, 2.75) is 45.2 Å². The molecule has 1 saturated carbocycles. The molecule has 21 heavy (non-hydrogen) atoms. The molecule has 0 spiro atoms. The summed E-state index contributed by atoms with van der Waals surface area (Å²) in [7, 11) is 0. The zero-order valence-electron chi connectivity index (χ0n) is 12.8. The van der Waals surface area contributed by atoms with Crippen molar-refractivity contribution in [3.63, 3.8) is 0 Å². The molecule has 3 nitrogen and oxygen atoms in total. The molecule has 0 radical (unpaired) electrons. The second-order valence-electron chi connectivity index (χ2n) is 6.18. The molecule has 0 bridgehead atoms. The Labute approximate surface area is 127 Å². The molecule has 112 valence electrons. The van der Waals surface area contributed by atoms with Crippen LogP contribution < -0.4 is 5.32 Å². The van der Waals surface area contributed by atoms with E-state index in [-0.39, 0.29) is 0 Å². The fourth-order valence-corrected chi connectivity index (χ4v) is 3.25. The third-order valence-electron chi connectivity index (χ3n) is 4.60. The molecule has 1 N–H and O–H groups in total. The number of nitrogens with one attached hydrogen (secondary N) is 1. The molecule has 0 amide bonds. The van der Waals surface area contributed by atoms with E-state index in [2.05, 4.69) is 47.8 Å². The lowest BCUT2D eigenvalue weighted by molar-refractivity contribution is 0.277. The maximum absolute atomic E-state index is 4.47. The van der Waals surface area contributed by atoms with E-state index in [1.54, 1.807) is 0 Å². The monoisotopic (exact) mass is 283 g/mol. The Balaban J connectivity index is 1.51. The highest BCUT2D eigenvalue weighted by Gasteiger charge is 2.20. The van der Waals surface area contributed by atoms with Gasteiger partial charge in [0.25, 0.3) is 0 Å². The van der Waals surface area contributed by atoms with Crippen molar-refractivity contribution < 1.29 is 0 Å². The molecule has 1 aromatic heterocycles. The van der Waals surface area contributed by atoms with Gasteiger partial charge in [0.1, 0.15) is 0 Å². The average Bonchev–Trinajstić information content (AvgIpc) is 2.99. The first-order valence-corrected chi connectivity index (χ1v) is 8.14. The molecule has 1 aliphatic rings. The smallest absolute Gasteiger partial charge is 0.0568 e. The molecular formula is C18H25N3. The third-order valence-corrected chi connectivity index (χ3v) is 4.60. The van der Waals surface area contributed by atoms with Gasteiger partial charge in [-0.25, -0.2) is 0 Å². The minimum Gasteiger partial charge on any atom is -0.312 e. The summed E-state index contributed by atoms with van der Waals surface area (Å²) in [6.45, 7) is 4.32. The van der Waals surface area contributed by atoms with Crippen LogP contribution in [-0.4, -0.2) is 22.4 Å². The van der Waals surface area contributed by atoms with Crippen molar-refractivity contribution in [2.24, 2.45) is 5.92 Å². The van der Waals surface area contributed by atoms with E-state index in [1.807, 2.05) is 16.9 Å². The van der Waals surface area contributed by atoms with E-state index in [0.29, 0.717) is 6.04 Å². The van der Waals surface area contributed by atoms with Crippen molar-refractivity contribution in [1.29, 1.82) is 0 Å². The largest absolute Gasteiger partial charge is 0.312 e. The number of rotatable bonds is 5. The van der Waals surface area contributed by atoms with Crippen LogP contribution >= 0.6 is 0 Å². The zero-order chi connectivity index (χ0) is 14.5. The van der Waals surface area contributed by atoms with Gasteiger partial charge in [0.15, 0.2) is 0 Å². The fraction of sp³-hybridized carbons (Fsp3) is 0.500. The van der Waals surface area contributed by atoms with Crippen molar-refractivity contribution >= 4 is 0 Å². The molecule has 0 saturated heterocycles. The summed E-state index contributed by atoms with van der Waals surface area (Å²) in [6, 6.07) is 11.1. The first-order chi connectivity index (χ1) is 10.3. The van der Waals surface area contributed by atoms with Crippen LogP contribution in [0, 0.1) is 5.92 Å². The van der Waals surface area contributed by atoms with Crippen LogP contribution in [0.25, 0.3) is 11.1 Å². The molecule has 3 rings (SSSR count). The molecule has 2 aromatic rings. The minimum atomic E-state index is 0.697. The Morgan fingerprint density at radius 3 is 2.76 bits per heavy atom. The van der Waals surface area contributed by atoms with Crippen LogP contribution in [-0.2, 0) is 6.54 Å². The molecule has 2 atom stereocenters. The highest BCUT2D eigenvalue weighted by Crippen LogP contribution is 2.23. The number of benzene rings is 1. The standard InChI is InChI=1S/C18H25N3/c1-15-7-5-6-10-18(15)19-11-12-21-14-17(13-20-21)16-8-3-2-4-9-16/h2-4,8-9,13-15,18-19H,5-7,10-12H2,1H3. The van der Waals surface area contributed by atoms with Crippen LogP contribution in [0.15, 0.2) is 42.7 Å². The van der Waals surface area contributed by atoms with E-state index in [9.17, 15) is 0 Å². The van der Waals surface area contributed by atoms with E-state index >= 15 is 0 Å². The quantitative estimate of drug-likeness (QED) is 0.906. The third kappa shape index (κ3) is 3.73. The average molecular weight is 283 g/mol. The molecule has 0 aliphatic heterocycles. The Hall–Kier alpha value is -1.61. The Kier molecular flexibility index (Phi) is 4.71. The number of hydrogen-bond acceptors (Lipinski definition) is 2. The van der Waals surface area contributed by atoms with Crippen molar-refractivity contribution in [3.8, 4) is 11.1 Å². The molecule has 1 aromatic carbocycles. The predicted octanol–water partition coefficient (Wildman–Crippen LogP) is 3.72. The lowest BCUT2D eigenvalue weighted by atomic mass is 9.86. The lowest BCUT2D eigenvalue weighted by Crippen LogP contribution is -2.38. The Morgan fingerprint density at radius 2 is 1.95 bits per heavy atom. The Morgan fingerprint density at radius 1 is 1.14 bits per heavy atom. The van der Waals surface area contributed by atoms with Gasteiger partial charge in [-0.1, -0.05) is 50.1 Å². The second kappa shape index (κ2) is 6.90. The predicted molar refractivity (Wildman–Crippen MR) is 87.1 cm³/mol. The van der Waals surface area contributed by atoms with Crippen LogP contribution in [0.2, 0.25) is 0 Å². The van der Waals surface area contributed by atoms with Gasteiger partial charge in [-0.05, 0) is 24.3 Å². The summed E-state index contributed by atoms with van der Waals surface area (Å²) >= 11 is 0. The van der Waals surface area contributed by atoms with Gasteiger partial charge in [-0.2, -0.15) is 5.10 Å². The van der Waals surface area contributed by atoms with Crippen LogP contribution in [0.1, 0.15) is 32.6 Å². The van der Waals surface area contributed by atoms with Crippen LogP contribution in [0.3, 0.4) is 0 Å². The SMILES string of the molecule is CC1CCCCC1NCCn1cc(-c2ccccc2)cn1. The summed E-state index contributed by atoms with van der Waals surface area (Å²) in [5.74, 6) is 0.816. The van der Waals surface area contributed by atoms with Crippen LogP contribution in [0.5, 0.6) is 0 Å². The van der Waals surface area contributed by atoms with E-state index in [4.69, 9.17) is 0 Å². The van der Waals surface area contributed by atoms with Crippen molar-refractivity contribution in [1.82, 2.24) is 15.1 Å². The number of aromatic nitrogens is 2. The normalized spacial score (nSPS) is 22.3. The van der Waals surface area contributed by atoms with Gasteiger partial charge >= 0.3 is 0 Å². The summed E-state index contributed by atoms with van der Waals surface area (Å²) in [6.07, 6.45) is 9.58. The van der Waals surface area contributed by atoms with E-state index < -0.39 is 0 Å². The van der Waals surface area contributed by atoms with Gasteiger partial charge in [0.2, 0.25) is 0 Å². The van der Waals surface area contributed by atoms with Gasteiger partial charge in [-0.3, -0.25) is 4.68 Å². The first kappa shape index (κ1) is 14.3. The number of nitrogens with zero attached hydrogens (tertiary/aromatic N) is 2. The van der Waals surface area contributed by atoms with E-state index in [1.165, 1.54) is 36.8 Å². The molecule has 1 fully saturated rings. The highest BCUT2D eigenvalue weighted by molar-refractivity contribution is 5.61. The molecule has 2 unspecified atom stereocenters. The second-order valence-corrected chi connectivity index (χ2v) is 6.18. The van der Waals surface area contributed by atoms with Crippen molar-refractivity contribution in [3.05, 3.63) is 42.7 Å². The Bertz CT molecular complexity index is 547. The van der Waals surface area contributed by atoms with Crippen molar-refractivity contribution in [2.75, 3.05) is 6.54 Å². The molecular weight excluding hydrogens is 258 g/mol. The number of hydrogen-bond donors (Lipinski definition) is 1. The van der Waals surface area contributed by atoms with Gasteiger partial charge in [-0.15, -0.1) is 0 Å². The highest BCUT2D eigenvalue weighted by atomic mass is 15.3. The minimum absolute atomic E-state index is 0.697.